The molecule has 0 radical (unpaired) electrons. The number of anilines is 2. The van der Waals surface area contributed by atoms with Crippen molar-refractivity contribution in [3.8, 4) is 0 Å². The number of nitrogens with one attached hydrogen (secondary N) is 1. The minimum Gasteiger partial charge on any atom is -0.478 e. The lowest BCUT2D eigenvalue weighted by molar-refractivity contribution is 0.0687. The van der Waals surface area contributed by atoms with Crippen LogP contribution in [0, 0.1) is 0 Å². The van der Waals surface area contributed by atoms with Gasteiger partial charge in [-0.3, -0.25) is 0 Å². The Balaban J connectivity index is 2.42. The fourth-order valence-corrected chi connectivity index (χ4v) is 1.58. The van der Waals surface area contributed by atoms with E-state index in [0.717, 1.165) is 0 Å². The van der Waals surface area contributed by atoms with Gasteiger partial charge in [0, 0.05) is 6.20 Å². The van der Waals surface area contributed by atoms with Crippen LogP contribution in [-0.2, 0) is 0 Å². The van der Waals surface area contributed by atoms with Gasteiger partial charge in [0.15, 0.2) is 0 Å². The summed E-state index contributed by atoms with van der Waals surface area (Å²) in [5.74, 6) is -2.14. The molecule has 3 N–H and O–H groups in total. The first-order valence-corrected chi connectivity index (χ1v) is 5.37. The van der Waals surface area contributed by atoms with E-state index in [1.54, 1.807) is 18.2 Å². The zero-order valence-electron chi connectivity index (χ0n) is 9.70. The number of para-hydroxylation sites is 1. The van der Waals surface area contributed by atoms with Gasteiger partial charge in [-0.25, -0.2) is 14.6 Å². The molecule has 96 valence electrons. The summed E-state index contributed by atoms with van der Waals surface area (Å²) in [7, 11) is 0. The number of rotatable bonds is 4. The van der Waals surface area contributed by atoms with Crippen LogP contribution in [0.1, 0.15) is 20.7 Å². The highest BCUT2D eigenvalue weighted by Gasteiger charge is 2.14. The number of carbonyl (C=O) groups is 2. The van der Waals surface area contributed by atoms with Crippen molar-refractivity contribution in [3.63, 3.8) is 0 Å². The zero-order chi connectivity index (χ0) is 13.8. The highest BCUT2D eigenvalue weighted by molar-refractivity contribution is 5.97. The van der Waals surface area contributed by atoms with Gasteiger partial charge >= 0.3 is 11.9 Å². The van der Waals surface area contributed by atoms with Crippen molar-refractivity contribution in [1.29, 1.82) is 0 Å². The Labute approximate surface area is 108 Å². The van der Waals surface area contributed by atoms with Gasteiger partial charge in [-0.1, -0.05) is 12.1 Å². The first kappa shape index (κ1) is 12.6. The molecule has 0 aliphatic rings. The average molecular weight is 258 g/mol. The van der Waals surface area contributed by atoms with E-state index in [1.165, 1.54) is 24.4 Å². The second-order valence-corrected chi connectivity index (χ2v) is 3.68. The molecular formula is C13H10N2O4. The summed E-state index contributed by atoms with van der Waals surface area (Å²) in [6.07, 6.45) is 1.43. The van der Waals surface area contributed by atoms with E-state index in [1.807, 2.05) is 0 Å². The molecule has 0 aliphatic carbocycles. The number of hydrogen-bond donors (Lipinski definition) is 3. The first-order valence-electron chi connectivity index (χ1n) is 5.37. The Bertz CT molecular complexity index is 585. The van der Waals surface area contributed by atoms with Crippen molar-refractivity contribution in [2.45, 2.75) is 0 Å². The molecule has 0 bridgehead atoms. The van der Waals surface area contributed by atoms with Gasteiger partial charge < -0.3 is 15.5 Å². The van der Waals surface area contributed by atoms with Crippen LogP contribution in [0.15, 0.2) is 42.6 Å². The molecule has 0 spiro atoms. The van der Waals surface area contributed by atoms with Crippen molar-refractivity contribution in [1.82, 2.24) is 4.98 Å². The van der Waals surface area contributed by atoms with E-state index in [-0.39, 0.29) is 22.6 Å². The molecule has 0 aliphatic heterocycles. The molecule has 0 amide bonds. The molecule has 0 fully saturated rings. The summed E-state index contributed by atoms with van der Waals surface area (Å²) >= 11 is 0. The number of pyridine rings is 1. The van der Waals surface area contributed by atoms with Gasteiger partial charge in [0.1, 0.15) is 11.4 Å². The lowest BCUT2D eigenvalue weighted by Crippen LogP contribution is -2.07. The van der Waals surface area contributed by atoms with E-state index in [0.29, 0.717) is 0 Å². The summed E-state index contributed by atoms with van der Waals surface area (Å²) in [5.41, 5.74) is 0.309. The van der Waals surface area contributed by atoms with E-state index in [2.05, 4.69) is 10.3 Å². The highest BCUT2D eigenvalue weighted by atomic mass is 16.4. The Morgan fingerprint density at radius 1 is 0.947 bits per heavy atom. The largest absolute Gasteiger partial charge is 0.478 e. The number of aromatic carboxylic acids is 2. The number of nitrogens with zero attached hydrogens (tertiary/aromatic N) is 1. The zero-order valence-corrected chi connectivity index (χ0v) is 9.70. The predicted octanol–water partition coefficient (Wildman–Crippen LogP) is 2.22. The summed E-state index contributed by atoms with van der Waals surface area (Å²) < 4.78 is 0. The van der Waals surface area contributed by atoms with E-state index < -0.39 is 11.9 Å². The number of carboxylic acid groups (broad SMARTS) is 2. The van der Waals surface area contributed by atoms with Crippen LogP contribution >= 0.6 is 0 Å². The number of aromatic nitrogens is 1. The first-order chi connectivity index (χ1) is 9.09. The average Bonchev–Trinajstić information content (AvgIpc) is 2.39. The van der Waals surface area contributed by atoms with Crippen LogP contribution in [0.25, 0.3) is 0 Å². The molecule has 0 saturated heterocycles. The molecule has 2 aromatic rings. The van der Waals surface area contributed by atoms with E-state index in [9.17, 15) is 9.59 Å². The number of hydrogen-bond acceptors (Lipinski definition) is 4. The predicted molar refractivity (Wildman–Crippen MR) is 67.9 cm³/mol. The molecule has 6 nitrogen and oxygen atoms in total. The molecule has 1 aromatic heterocycles. The maximum atomic E-state index is 11.1. The third-order valence-corrected chi connectivity index (χ3v) is 2.45. The summed E-state index contributed by atoms with van der Waals surface area (Å²) in [4.78, 5) is 26.0. The third-order valence-electron chi connectivity index (χ3n) is 2.45. The summed E-state index contributed by atoms with van der Waals surface area (Å²) in [6.45, 7) is 0. The van der Waals surface area contributed by atoms with Crippen molar-refractivity contribution < 1.29 is 19.8 Å². The Hall–Kier alpha value is -2.89. The molecule has 1 aromatic carbocycles. The Kier molecular flexibility index (Phi) is 3.42. The normalized spacial score (nSPS) is 9.89. The van der Waals surface area contributed by atoms with Crippen LogP contribution in [0.4, 0.5) is 11.5 Å². The van der Waals surface area contributed by atoms with Gasteiger partial charge in [0.25, 0.3) is 0 Å². The molecule has 2 rings (SSSR count). The lowest BCUT2D eigenvalue weighted by atomic mass is 10.1. The summed E-state index contributed by atoms with van der Waals surface area (Å²) in [5, 5.41) is 20.8. The Morgan fingerprint density at radius 2 is 1.58 bits per heavy atom. The number of carboxylic acids is 2. The Morgan fingerprint density at radius 3 is 2.26 bits per heavy atom. The van der Waals surface area contributed by atoms with Crippen LogP contribution in [0.3, 0.4) is 0 Å². The van der Waals surface area contributed by atoms with Crippen LogP contribution in [-0.4, -0.2) is 27.1 Å². The minimum absolute atomic E-state index is 0.0253. The SMILES string of the molecule is O=C(O)c1ccccc1Nc1ncccc1C(=O)O. The van der Waals surface area contributed by atoms with Gasteiger partial charge in [-0.15, -0.1) is 0 Å². The minimum atomic E-state index is -1.14. The second kappa shape index (κ2) is 5.18. The van der Waals surface area contributed by atoms with Gasteiger partial charge in [0.2, 0.25) is 0 Å². The molecule has 6 heteroatoms. The topological polar surface area (TPSA) is 99.5 Å². The van der Waals surface area contributed by atoms with Crippen molar-refractivity contribution in [2.24, 2.45) is 0 Å². The quantitative estimate of drug-likeness (QED) is 0.777. The maximum absolute atomic E-state index is 11.1. The molecule has 1 heterocycles. The van der Waals surface area contributed by atoms with E-state index in [4.69, 9.17) is 10.2 Å². The molecule has 0 saturated carbocycles. The third kappa shape index (κ3) is 2.68. The lowest BCUT2D eigenvalue weighted by Gasteiger charge is -2.10. The van der Waals surface area contributed by atoms with Crippen LogP contribution < -0.4 is 5.32 Å². The van der Waals surface area contributed by atoms with Crippen molar-refractivity contribution >= 4 is 23.4 Å². The molecular weight excluding hydrogens is 248 g/mol. The number of benzene rings is 1. The molecule has 19 heavy (non-hydrogen) atoms. The fourth-order valence-electron chi connectivity index (χ4n) is 1.58. The molecule has 0 unspecified atom stereocenters. The van der Waals surface area contributed by atoms with Gasteiger partial charge in [-0.05, 0) is 24.3 Å². The highest BCUT2D eigenvalue weighted by Crippen LogP contribution is 2.22. The fraction of sp³-hybridized carbons (Fsp3) is 0. The van der Waals surface area contributed by atoms with E-state index >= 15 is 0 Å². The summed E-state index contributed by atoms with van der Waals surface area (Å²) in [6, 6.07) is 9.10. The monoisotopic (exact) mass is 258 g/mol. The second-order valence-electron chi connectivity index (χ2n) is 3.68. The van der Waals surface area contributed by atoms with Gasteiger partial charge in [0.05, 0.1) is 11.3 Å². The van der Waals surface area contributed by atoms with Crippen LogP contribution in [0.2, 0.25) is 0 Å². The maximum Gasteiger partial charge on any atom is 0.339 e. The smallest absolute Gasteiger partial charge is 0.339 e. The molecule has 0 atom stereocenters. The standard InChI is InChI=1S/C13H10N2O4/c16-12(17)8-4-1-2-6-10(8)15-11-9(13(18)19)5-3-7-14-11/h1-7H,(H,14,15)(H,16,17)(H,18,19). The van der Waals surface area contributed by atoms with Crippen molar-refractivity contribution in [2.75, 3.05) is 5.32 Å². The van der Waals surface area contributed by atoms with Crippen LogP contribution in [0.5, 0.6) is 0 Å². The van der Waals surface area contributed by atoms with Gasteiger partial charge in [-0.2, -0.15) is 0 Å². The van der Waals surface area contributed by atoms with Crippen molar-refractivity contribution in [3.05, 3.63) is 53.7 Å².